The summed E-state index contributed by atoms with van der Waals surface area (Å²) in [7, 11) is 0. The number of hydrogen-bond acceptors (Lipinski definition) is 4. The summed E-state index contributed by atoms with van der Waals surface area (Å²) >= 11 is 0. The molecule has 2 N–H and O–H groups in total. The van der Waals surface area contributed by atoms with Gasteiger partial charge in [0.2, 0.25) is 0 Å². The molecule has 2 rings (SSSR count). The molecule has 0 amide bonds. The Morgan fingerprint density at radius 3 is 2.13 bits per heavy atom. The Hall–Kier alpha value is -2.37. The Kier molecular flexibility index (Phi) is 3.84. The van der Waals surface area contributed by atoms with Gasteiger partial charge in [-0.05, 0) is 17.1 Å². The van der Waals surface area contributed by atoms with Gasteiger partial charge >= 0.3 is 5.82 Å². The lowest BCUT2D eigenvalue weighted by Gasteiger charge is -1.84. The molecule has 0 bridgehead atoms. The summed E-state index contributed by atoms with van der Waals surface area (Å²) in [5, 5.41) is 18.4. The first kappa shape index (κ1) is 10.7. The summed E-state index contributed by atoms with van der Waals surface area (Å²) in [6, 6.07) is 8.13. The molecule has 0 atom stereocenters. The van der Waals surface area contributed by atoms with Crippen LogP contribution < -0.4 is 0 Å². The van der Waals surface area contributed by atoms with Gasteiger partial charge in [0.15, 0.2) is 0 Å². The first-order chi connectivity index (χ1) is 7.20. The average molecular weight is 207 g/mol. The third-order valence-corrected chi connectivity index (χ3v) is 1.42. The van der Waals surface area contributed by atoms with Crippen molar-refractivity contribution in [3.05, 3.63) is 52.8 Å². The number of nitrogens with one attached hydrogen (secondary N) is 1. The minimum atomic E-state index is -0.611. The van der Waals surface area contributed by atoms with Crippen LogP contribution in [0.3, 0.4) is 0 Å². The predicted octanol–water partition coefficient (Wildman–Crippen LogP) is 1.71. The van der Waals surface area contributed by atoms with Crippen molar-refractivity contribution in [3.8, 4) is 5.88 Å². The predicted molar refractivity (Wildman–Crippen MR) is 53.3 cm³/mol. The molecule has 6 heteroatoms. The first-order valence-electron chi connectivity index (χ1n) is 4.07. The van der Waals surface area contributed by atoms with Gasteiger partial charge in [0.05, 0.1) is 0 Å². The van der Waals surface area contributed by atoms with Crippen molar-refractivity contribution in [2.75, 3.05) is 0 Å². The summed E-state index contributed by atoms with van der Waals surface area (Å²) in [5.74, 6) is -0.394. The molecule has 2 aromatic heterocycles. The van der Waals surface area contributed by atoms with E-state index in [9.17, 15) is 10.1 Å². The second-order valence-electron chi connectivity index (χ2n) is 2.51. The van der Waals surface area contributed by atoms with Gasteiger partial charge in [0.25, 0.3) is 5.88 Å². The number of aromatic hydroxyl groups is 1. The number of aromatic amines is 1. The number of aromatic nitrogens is 2. The normalized spacial score (nSPS) is 8.80. The summed E-state index contributed by atoms with van der Waals surface area (Å²) in [5.41, 5.74) is 0. The fourth-order valence-corrected chi connectivity index (χ4v) is 0.792. The second-order valence-corrected chi connectivity index (χ2v) is 2.51. The lowest BCUT2D eigenvalue weighted by molar-refractivity contribution is -0.389. The van der Waals surface area contributed by atoms with Crippen LogP contribution in [0, 0.1) is 10.1 Å². The van der Waals surface area contributed by atoms with Crippen molar-refractivity contribution in [2.24, 2.45) is 0 Å². The highest BCUT2D eigenvalue weighted by atomic mass is 16.6. The number of nitro groups is 1. The van der Waals surface area contributed by atoms with Crippen LogP contribution in [0.25, 0.3) is 0 Å². The third kappa shape index (κ3) is 3.90. The maximum Gasteiger partial charge on any atom is 0.323 e. The summed E-state index contributed by atoms with van der Waals surface area (Å²) < 4.78 is 0. The van der Waals surface area contributed by atoms with Crippen molar-refractivity contribution in [1.29, 1.82) is 0 Å². The van der Waals surface area contributed by atoms with Gasteiger partial charge in [0, 0.05) is 24.5 Å². The van der Waals surface area contributed by atoms with E-state index in [0.717, 1.165) is 0 Å². The average Bonchev–Trinajstić information content (AvgIpc) is 2.69. The van der Waals surface area contributed by atoms with E-state index >= 15 is 0 Å². The summed E-state index contributed by atoms with van der Waals surface area (Å²) in [6.07, 6.45) is 3.50. The van der Waals surface area contributed by atoms with Crippen LogP contribution in [0.2, 0.25) is 0 Å². The number of hydrogen-bond donors (Lipinski definition) is 2. The number of nitrogens with zero attached hydrogens (tertiary/aromatic N) is 2. The quantitative estimate of drug-likeness (QED) is 0.550. The van der Waals surface area contributed by atoms with Crippen molar-refractivity contribution >= 4 is 5.82 Å². The Bertz CT molecular complexity index is 387. The molecule has 0 spiro atoms. The molecular weight excluding hydrogens is 198 g/mol. The van der Waals surface area contributed by atoms with Gasteiger partial charge in [-0.2, -0.15) is 0 Å². The van der Waals surface area contributed by atoms with E-state index < -0.39 is 4.92 Å². The fourth-order valence-electron chi connectivity index (χ4n) is 0.792. The van der Waals surface area contributed by atoms with E-state index in [4.69, 9.17) is 5.11 Å². The van der Waals surface area contributed by atoms with Crippen molar-refractivity contribution < 1.29 is 10.0 Å². The molecule has 2 heterocycles. The number of pyridine rings is 1. The van der Waals surface area contributed by atoms with Gasteiger partial charge in [-0.1, -0.05) is 6.07 Å². The zero-order valence-electron chi connectivity index (χ0n) is 7.70. The third-order valence-electron chi connectivity index (χ3n) is 1.42. The zero-order valence-corrected chi connectivity index (χ0v) is 7.70. The second kappa shape index (κ2) is 5.38. The van der Waals surface area contributed by atoms with Gasteiger partial charge in [-0.15, -0.1) is 0 Å². The Morgan fingerprint density at radius 2 is 1.93 bits per heavy atom. The molecule has 0 fully saturated rings. The van der Waals surface area contributed by atoms with Crippen molar-refractivity contribution in [3.63, 3.8) is 0 Å². The SMILES string of the molecule is O=[N+]([O-])c1ccc(O)[nH]1.c1ccncc1. The van der Waals surface area contributed by atoms with E-state index in [1.807, 2.05) is 18.2 Å². The Balaban J connectivity index is 0.000000162. The number of rotatable bonds is 1. The molecule has 0 saturated heterocycles. The highest BCUT2D eigenvalue weighted by Gasteiger charge is 2.04. The van der Waals surface area contributed by atoms with E-state index in [-0.39, 0.29) is 11.7 Å². The summed E-state index contributed by atoms with van der Waals surface area (Å²) in [4.78, 5) is 15.2. The van der Waals surface area contributed by atoms with Crippen LogP contribution >= 0.6 is 0 Å². The standard InChI is InChI=1S/C5H5N.C4H4N2O3/c1-2-4-6-5-3-1;7-4-2-1-3(5-4)6(8)9/h1-5H;1-2,5,7H. The van der Waals surface area contributed by atoms with Crippen LogP contribution in [0.5, 0.6) is 5.88 Å². The first-order valence-corrected chi connectivity index (χ1v) is 4.07. The molecular formula is C9H9N3O3. The topological polar surface area (TPSA) is 92.0 Å². The zero-order chi connectivity index (χ0) is 11.1. The highest BCUT2D eigenvalue weighted by Crippen LogP contribution is 2.13. The summed E-state index contributed by atoms with van der Waals surface area (Å²) in [6.45, 7) is 0. The molecule has 2 aromatic rings. The van der Waals surface area contributed by atoms with Crippen LogP contribution in [-0.4, -0.2) is 20.0 Å². The molecule has 0 unspecified atom stereocenters. The maximum absolute atomic E-state index is 9.88. The smallest absolute Gasteiger partial charge is 0.323 e. The minimum Gasteiger partial charge on any atom is -0.478 e. The van der Waals surface area contributed by atoms with Gasteiger partial charge in [-0.25, -0.2) is 4.98 Å². The van der Waals surface area contributed by atoms with Crippen LogP contribution in [0.1, 0.15) is 0 Å². The molecule has 0 radical (unpaired) electrons. The molecule has 0 aliphatic heterocycles. The molecule has 0 aliphatic carbocycles. The molecule has 0 aromatic carbocycles. The van der Waals surface area contributed by atoms with E-state index in [1.54, 1.807) is 12.4 Å². The monoisotopic (exact) mass is 207 g/mol. The van der Waals surface area contributed by atoms with E-state index in [2.05, 4.69) is 9.97 Å². The molecule has 0 saturated carbocycles. The van der Waals surface area contributed by atoms with Crippen LogP contribution in [0.15, 0.2) is 42.7 Å². The van der Waals surface area contributed by atoms with Gasteiger partial charge in [0.1, 0.15) is 0 Å². The van der Waals surface area contributed by atoms with Crippen molar-refractivity contribution in [2.45, 2.75) is 0 Å². The van der Waals surface area contributed by atoms with Gasteiger partial charge < -0.3 is 15.2 Å². The molecule has 0 aliphatic rings. The Morgan fingerprint density at radius 1 is 1.27 bits per heavy atom. The maximum atomic E-state index is 9.88. The van der Waals surface area contributed by atoms with Crippen LogP contribution in [0.4, 0.5) is 5.82 Å². The highest BCUT2D eigenvalue weighted by molar-refractivity contribution is 5.26. The fraction of sp³-hybridized carbons (Fsp3) is 0. The molecule has 15 heavy (non-hydrogen) atoms. The lowest BCUT2D eigenvalue weighted by atomic mass is 10.5. The van der Waals surface area contributed by atoms with Crippen molar-refractivity contribution in [1.82, 2.24) is 9.97 Å². The largest absolute Gasteiger partial charge is 0.478 e. The molecule has 78 valence electrons. The molecule has 6 nitrogen and oxygen atoms in total. The van der Waals surface area contributed by atoms with Gasteiger partial charge in [-0.3, -0.25) is 4.98 Å². The van der Waals surface area contributed by atoms with Crippen LogP contribution in [-0.2, 0) is 0 Å². The number of H-pyrrole nitrogens is 1. The van der Waals surface area contributed by atoms with E-state index in [1.165, 1.54) is 12.1 Å². The minimum absolute atomic E-state index is 0.193. The lowest BCUT2D eigenvalue weighted by Crippen LogP contribution is -1.85. The Labute approximate surface area is 85.4 Å². The van der Waals surface area contributed by atoms with E-state index in [0.29, 0.717) is 0 Å².